The summed E-state index contributed by atoms with van der Waals surface area (Å²) in [5, 5.41) is 0. The summed E-state index contributed by atoms with van der Waals surface area (Å²) in [5.74, 6) is -0.249. The molecule has 0 fully saturated rings. The summed E-state index contributed by atoms with van der Waals surface area (Å²) < 4.78 is 6.20. The van der Waals surface area contributed by atoms with Crippen LogP contribution in [-0.4, -0.2) is 4.57 Å². The zero-order valence-corrected chi connectivity index (χ0v) is 6.75. The first kappa shape index (κ1) is 8.11. The van der Waals surface area contributed by atoms with Gasteiger partial charge in [-0.3, -0.25) is 4.57 Å². The highest BCUT2D eigenvalue weighted by molar-refractivity contribution is 4.68. The summed E-state index contributed by atoms with van der Waals surface area (Å²) in [6, 6.07) is 0. The molecule has 0 aliphatic heterocycles. The van der Waals surface area contributed by atoms with E-state index in [4.69, 9.17) is 0 Å². The van der Waals surface area contributed by atoms with E-state index in [1.54, 1.807) is 10.8 Å². The molecule has 0 aliphatic rings. The lowest BCUT2D eigenvalue weighted by atomic mass is 10.2. The van der Waals surface area contributed by atoms with Crippen molar-refractivity contribution in [1.82, 2.24) is 4.57 Å². The summed E-state index contributed by atoms with van der Waals surface area (Å²) in [5.41, 5.74) is 0. The Labute approximate surface area is 65.6 Å². The lowest BCUT2D eigenvalue weighted by molar-refractivity contribution is 0.468. The molecule has 0 bridgehead atoms. The topological polar surface area (TPSA) is 35.1 Å². The van der Waals surface area contributed by atoms with E-state index < -0.39 is 0 Å². The van der Waals surface area contributed by atoms with Crippen LogP contribution in [0.4, 0.5) is 0 Å². The maximum Gasteiger partial charge on any atom is 0.418 e. The molecule has 1 aromatic heterocycles. The standard InChI is InChI=1S/C8H13NO2/c1-2-3-4-5-9-6-7-11-8(9)10/h6-7H,2-5H2,1H3. The zero-order valence-electron chi connectivity index (χ0n) is 6.75. The molecule has 1 heterocycles. The number of rotatable bonds is 4. The van der Waals surface area contributed by atoms with E-state index in [0.29, 0.717) is 0 Å². The molecule has 3 heteroatoms. The van der Waals surface area contributed by atoms with Crippen LogP contribution in [0.1, 0.15) is 26.2 Å². The van der Waals surface area contributed by atoms with E-state index in [1.165, 1.54) is 12.7 Å². The molecule has 0 amide bonds. The molecule has 0 aliphatic carbocycles. The lowest BCUT2D eigenvalue weighted by Gasteiger charge is -1.96. The summed E-state index contributed by atoms with van der Waals surface area (Å²) in [6.07, 6.45) is 6.49. The molecule has 0 unspecified atom stereocenters. The minimum Gasteiger partial charge on any atom is -0.416 e. The fraction of sp³-hybridized carbons (Fsp3) is 0.625. The lowest BCUT2D eigenvalue weighted by Crippen LogP contribution is -2.12. The predicted octanol–water partition coefficient (Wildman–Crippen LogP) is 1.63. The van der Waals surface area contributed by atoms with Crippen LogP contribution >= 0.6 is 0 Å². The molecular formula is C8H13NO2. The number of hydrogen-bond donors (Lipinski definition) is 0. The second kappa shape index (κ2) is 4.01. The highest BCUT2D eigenvalue weighted by Crippen LogP contribution is 1.95. The zero-order chi connectivity index (χ0) is 8.10. The van der Waals surface area contributed by atoms with Crippen molar-refractivity contribution in [2.45, 2.75) is 32.7 Å². The summed E-state index contributed by atoms with van der Waals surface area (Å²) in [4.78, 5) is 10.8. The Morgan fingerprint density at radius 1 is 1.55 bits per heavy atom. The Hall–Kier alpha value is -0.990. The summed E-state index contributed by atoms with van der Waals surface area (Å²) in [7, 11) is 0. The van der Waals surface area contributed by atoms with Crippen molar-refractivity contribution in [2.75, 3.05) is 0 Å². The minimum absolute atomic E-state index is 0.249. The van der Waals surface area contributed by atoms with Crippen LogP contribution in [0, 0.1) is 0 Å². The van der Waals surface area contributed by atoms with E-state index in [1.807, 2.05) is 0 Å². The van der Waals surface area contributed by atoms with Crippen LogP contribution in [-0.2, 0) is 6.54 Å². The molecule has 0 aromatic carbocycles. The van der Waals surface area contributed by atoms with E-state index in [9.17, 15) is 4.79 Å². The van der Waals surface area contributed by atoms with Gasteiger partial charge in [0.15, 0.2) is 0 Å². The SMILES string of the molecule is CCCCCn1ccoc1=O. The third-order valence-electron chi connectivity index (χ3n) is 1.65. The van der Waals surface area contributed by atoms with Crippen molar-refractivity contribution in [3.8, 4) is 0 Å². The van der Waals surface area contributed by atoms with Gasteiger partial charge in [-0.2, -0.15) is 0 Å². The van der Waals surface area contributed by atoms with Gasteiger partial charge in [0.25, 0.3) is 0 Å². The Balaban J connectivity index is 2.39. The van der Waals surface area contributed by atoms with Gasteiger partial charge in [-0.25, -0.2) is 4.79 Å². The minimum atomic E-state index is -0.249. The van der Waals surface area contributed by atoms with Crippen molar-refractivity contribution in [3.63, 3.8) is 0 Å². The average molecular weight is 155 g/mol. The second-order valence-corrected chi connectivity index (χ2v) is 2.57. The molecule has 0 atom stereocenters. The molecule has 11 heavy (non-hydrogen) atoms. The molecule has 1 rings (SSSR count). The Morgan fingerprint density at radius 2 is 2.36 bits per heavy atom. The Bertz CT molecular complexity index is 249. The maximum atomic E-state index is 10.8. The summed E-state index contributed by atoms with van der Waals surface area (Å²) >= 11 is 0. The van der Waals surface area contributed by atoms with Crippen molar-refractivity contribution < 1.29 is 4.42 Å². The fourth-order valence-corrected chi connectivity index (χ4v) is 0.989. The Morgan fingerprint density at radius 3 is 2.91 bits per heavy atom. The highest BCUT2D eigenvalue weighted by Gasteiger charge is 1.95. The van der Waals surface area contributed by atoms with Gasteiger partial charge in [0.2, 0.25) is 0 Å². The predicted molar refractivity (Wildman–Crippen MR) is 42.5 cm³/mol. The molecule has 3 nitrogen and oxygen atoms in total. The van der Waals surface area contributed by atoms with Crippen molar-refractivity contribution in [2.24, 2.45) is 0 Å². The van der Waals surface area contributed by atoms with Crippen molar-refractivity contribution in [1.29, 1.82) is 0 Å². The van der Waals surface area contributed by atoms with Crippen LogP contribution in [0.25, 0.3) is 0 Å². The molecule has 62 valence electrons. The average Bonchev–Trinajstić information content (AvgIpc) is 2.37. The number of aryl methyl sites for hydroxylation is 1. The van der Waals surface area contributed by atoms with E-state index in [2.05, 4.69) is 11.3 Å². The maximum absolute atomic E-state index is 10.8. The first-order chi connectivity index (χ1) is 5.34. The third kappa shape index (κ3) is 2.26. The molecule has 0 radical (unpaired) electrons. The van der Waals surface area contributed by atoms with Crippen LogP contribution < -0.4 is 5.76 Å². The number of unbranched alkanes of at least 4 members (excludes halogenated alkanes) is 2. The van der Waals surface area contributed by atoms with Crippen LogP contribution in [0.3, 0.4) is 0 Å². The third-order valence-corrected chi connectivity index (χ3v) is 1.65. The summed E-state index contributed by atoms with van der Waals surface area (Å²) in [6.45, 7) is 2.92. The van der Waals surface area contributed by atoms with E-state index >= 15 is 0 Å². The number of oxazole rings is 1. The largest absolute Gasteiger partial charge is 0.418 e. The molecule has 0 N–H and O–H groups in total. The van der Waals surface area contributed by atoms with Gasteiger partial charge in [-0.1, -0.05) is 19.8 Å². The molecule has 0 saturated carbocycles. The molecule has 0 saturated heterocycles. The van der Waals surface area contributed by atoms with Crippen LogP contribution in [0.5, 0.6) is 0 Å². The van der Waals surface area contributed by atoms with E-state index in [0.717, 1.165) is 19.4 Å². The smallest absolute Gasteiger partial charge is 0.416 e. The quantitative estimate of drug-likeness (QED) is 0.619. The fourth-order valence-electron chi connectivity index (χ4n) is 0.989. The molecular weight excluding hydrogens is 142 g/mol. The monoisotopic (exact) mass is 155 g/mol. The molecule has 1 aromatic rings. The van der Waals surface area contributed by atoms with Crippen LogP contribution in [0.2, 0.25) is 0 Å². The van der Waals surface area contributed by atoms with Gasteiger partial charge < -0.3 is 4.42 Å². The first-order valence-electron chi connectivity index (χ1n) is 3.98. The van der Waals surface area contributed by atoms with Crippen molar-refractivity contribution >= 4 is 0 Å². The van der Waals surface area contributed by atoms with E-state index in [-0.39, 0.29) is 5.76 Å². The highest BCUT2D eigenvalue weighted by atomic mass is 16.4. The van der Waals surface area contributed by atoms with Gasteiger partial charge in [0.1, 0.15) is 6.26 Å². The molecule has 0 spiro atoms. The normalized spacial score (nSPS) is 10.3. The number of aromatic nitrogens is 1. The van der Waals surface area contributed by atoms with Gasteiger partial charge in [0.05, 0.1) is 0 Å². The van der Waals surface area contributed by atoms with Crippen LogP contribution in [0.15, 0.2) is 21.7 Å². The van der Waals surface area contributed by atoms with Gasteiger partial charge in [0, 0.05) is 12.7 Å². The van der Waals surface area contributed by atoms with Gasteiger partial charge in [-0.15, -0.1) is 0 Å². The van der Waals surface area contributed by atoms with Gasteiger partial charge >= 0.3 is 5.76 Å². The number of hydrogen-bond acceptors (Lipinski definition) is 2. The number of nitrogens with zero attached hydrogens (tertiary/aromatic N) is 1. The Kier molecular flexibility index (Phi) is 2.95. The first-order valence-corrected chi connectivity index (χ1v) is 3.98. The van der Waals surface area contributed by atoms with Gasteiger partial charge in [-0.05, 0) is 6.42 Å². The van der Waals surface area contributed by atoms with Crippen molar-refractivity contribution in [3.05, 3.63) is 23.0 Å². The second-order valence-electron chi connectivity index (χ2n) is 2.57.